The summed E-state index contributed by atoms with van der Waals surface area (Å²) in [5.74, 6) is 12.8. The van der Waals surface area contributed by atoms with Gasteiger partial charge in [-0.1, -0.05) is 44.2 Å². The highest BCUT2D eigenvalue weighted by atomic mass is 16.3. The summed E-state index contributed by atoms with van der Waals surface area (Å²) in [6.07, 6.45) is 36.6. The van der Waals surface area contributed by atoms with E-state index in [1.165, 1.54) is 116 Å². The third kappa shape index (κ3) is 11.6. The average molecular weight is 1310 g/mol. The number of nitrogens with zero attached hydrogens (tertiary/aromatic N) is 10. The number of rotatable bonds is 9. The summed E-state index contributed by atoms with van der Waals surface area (Å²) in [5, 5.41) is 54.7. The van der Waals surface area contributed by atoms with Crippen LogP contribution in [-0.2, 0) is 34.0 Å². The second-order valence-corrected chi connectivity index (χ2v) is 36.0. The summed E-state index contributed by atoms with van der Waals surface area (Å²) in [6, 6.07) is 15.8. The summed E-state index contributed by atoms with van der Waals surface area (Å²) in [7, 11) is 0. The third-order valence-electron chi connectivity index (χ3n) is 30.8. The molecule has 5 heterocycles. The van der Waals surface area contributed by atoms with Crippen LogP contribution in [0.15, 0.2) is 67.1 Å². The van der Waals surface area contributed by atoms with Gasteiger partial charge in [0, 0.05) is 35.5 Å². The van der Waals surface area contributed by atoms with E-state index in [1.54, 1.807) is 21.9 Å². The molecule has 1 aromatic carbocycles. The van der Waals surface area contributed by atoms with Gasteiger partial charge < -0.3 is 15.3 Å². The Kier molecular flexibility index (Phi) is 16.9. The first kappa shape index (κ1) is 65.3. The Bertz CT molecular complexity index is 3660. The second kappa shape index (κ2) is 24.8. The molecule has 12 fully saturated rings. The van der Waals surface area contributed by atoms with Crippen molar-refractivity contribution in [3.05, 3.63) is 67.1 Å². The van der Waals surface area contributed by atoms with Crippen LogP contribution < -0.4 is 0 Å². The summed E-state index contributed by atoms with van der Waals surface area (Å²) < 4.78 is 3.66. The Morgan fingerprint density at radius 1 is 0.427 bits per heavy atom. The van der Waals surface area contributed by atoms with Crippen molar-refractivity contribution in [3.8, 4) is 0 Å². The maximum Gasteiger partial charge on any atom is 0.201 e. The van der Waals surface area contributed by atoms with Crippen LogP contribution in [0, 0.1) is 123 Å². The Balaban J connectivity index is 0.000000113. The number of carbonyl (C=O) groups excluding carboxylic acids is 3. The fraction of sp³-hybridized carbons (Fsp3) is 0.750. The van der Waals surface area contributed by atoms with Gasteiger partial charge in [-0.15, -0.1) is 10.2 Å². The van der Waals surface area contributed by atoms with Crippen molar-refractivity contribution < 1.29 is 29.7 Å². The van der Waals surface area contributed by atoms with Gasteiger partial charge in [0.15, 0.2) is 17.3 Å². The number of aromatic nitrogens is 10. The molecule has 0 saturated heterocycles. The van der Waals surface area contributed by atoms with E-state index in [2.05, 4.69) is 68.5 Å². The Morgan fingerprint density at radius 2 is 0.854 bits per heavy atom. The van der Waals surface area contributed by atoms with Gasteiger partial charge in [-0.25, -0.2) is 14.6 Å². The quantitative estimate of drug-likeness (QED) is 0.123. The highest BCUT2D eigenvalue weighted by Crippen LogP contribution is 2.68. The number of hydrogen-bond donors (Lipinski definition) is 3. The molecule has 0 unspecified atom stereocenters. The fourth-order valence-corrected chi connectivity index (χ4v) is 26.5. The average Bonchev–Trinajstić information content (AvgIpc) is 1.47. The first-order chi connectivity index (χ1) is 46.1. The summed E-state index contributed by atoms with van der Waals surface area (Å²) in [5.41, 5.74) is 2.93. The van der Waals surface area contributed by atoms with Crippen molar-refractivity contribution >= 4 is 50.6 Å². The van der Waals surface area contributed by atoms with Crippen molar-refractivity contribution in [2.24, 2.45) is 123 Å². The van der Waals surface area contributed by atoms with Gasteiger partial charge in [-0.3, -0.25) is 19.1 Å². The van der Waals surface area contributed by atoms with Crippen LogP contribution in [0.3, 0.4) is 0 Å². The summed E-state index contributed by atoms with van der Waals surface area (Å²) >= 11 is 0. The molecule has 18 rings (SSSR count). The van der Waals surface area contributed by atoms with Gasteiger partial charge in [0.05, 0.1) is 28.5 Å². The number of para-hydroxylation sites is 1. The van der Waals surface area contributed by atoms with Crippen LogP contribution in [0.1, 0.15) is 215 Å². The minimum Gasteiger partial charge on any atom is -0.390 e. The second-order valence-electron chi connectivity index (χ2n) is 36.0. The lowest BCUT2D eigenvalue weighted by Gasteiger charge is -2.56. The molecule has 24 atom stereocenters. The highest BCUT2D eigenvalue weighted by Gasteiger charge is 2.62. The lowest BCUT2D eigenvalue weighted by Crippen LogP contribution is -2.51. The van der Waals surface area contributed by atoms with E-state index in [0.29, 0.717) is 71.3 Å². The molecule has 516 valence electrons. The largest absolute Gasteiger partial charge is 0.390 e. The van der Waals surface area contributed by atoms with E-state index in [-0.39, 0.29) is 40.5 Å². The van der Waals surface area contributed by atoms with Gasteiger partial charge in [0.2, 0.25) is 11.3 Å². The standard InChI is InChI=1S/C28H38N2O2.2C26H36N4O2/c1-27(32)13-11-20-18(15-27)7-8-22-21(20)12-14-28(2)23(22)9-10-24(28)26(31)17-30-25-6-4-3-5-19(25)16-29-30;1-25(32)11-9-17-16(14-25)5-6-19-18(17)10-12-26(2)20(19)7-8-21(26)23(31)15-30-22-4-3-13-27-24(22)28-29-30;1-25(32)11-9-17-16(14-25)5-6-19-18(17)10-12-26(2)20(19)7-8-21(26)23(31)15-30-28-22-4-3-13-27-24(22)29-30/h3-6,16,18,20-24,32H,7-15,17H2,1-2H3;2*3-4,13,16-21,32H,5-12,14-15H2,1-2H3/t18-,20+,21-,22-,23+,24-,27-,28+;2*16-,17+,18-,19-,20+,21-,25-,26+/m111/s1. The number of pyridine rings is 2. The minimum absolute atomic E-state index is 0.121. The van der Waals surface area contributed by atoms with Gasteiger partial charge in [0.1, 0.15) is 30.7 Å². The summed E-state index contributed by atoms with van der Waals surface area (Å²) in [6.45, 7) is 14.4. The van der Waals surface area contributed by atoms with E-state index in [9.17, 15) is 29.7 Å². The monoisotopic (exact) mass is 1310 g/mol. The van der Waals surface area contributed by atoms with Crippen LogP contribution in [-0.4, -0.2) is 99.2 Å². The van der Waals surface area contributed by atoms with Crippen LogP contribution >= 0.6 is 0 Å². The number of hydrogen-bond acceptors (Lipinski definition) is 13. The van der Waals surface area contributed by atoms with Crippen LogP contribution in [0.4, 0.5) is 0 Å². The minimum atomic E-state index is -0.455. The van der Waals surface area contributed by atoms with Crippen molar-refractivity contribution in [1.82, 2.24) is 49.7 Å². The predicted molar refractivity (Wildman–Crippen MR) is 369 cm³/mol. The molecule has 5 aromatic heterocycles. The molecule has 96 heavy (non-hydrogen) atoms. The fourth-order valence-electron chi connectivity index (χ4n) is 26.5. The van der Waals surface area contributed by atoms with E-state index >= 15 is 0 Å². The van der Waals surface area contributed by atoms with Crippen molar-refractivity contribution in [2.45, 2.75) is 251 Å². The smallest absolute Gasteiger partial charge is 0.201 e. The van der Waals surface area contributed by atoms with Crippen molar-refractivity contribution in [3.63, 3.8) is 0 Å². The molecule has 3 N–H and O–H groups in total. The first-order valence-electron chi connectivity index (χ1n) is 38.5. The number of carbonyl (C=O) groups is 3. The zero-order valence-electron chi connectivity index (χ0n) is 58.5. The molecule has 0 aliphatic heterocycles. The normalized spacial score (nSPS) is 43.5. The van der Waals surface area contributed by atoms with Gasteiger partial charge in [-0.05, 0) is 329 Å². The topological polar surface area (TPSA) is 217 Å². The molecule has 6 aromatic rings. The van der Waals surface area contributed by atoms with Gasteiger partial charge in [-0.2, -0.15) is 15.0 Å². The lowest BCUT2D eigenvalue weighted by molar-refractivity contribution is -0.133. The van der Waals surface area contributed by atoms with E-state index in [1.807, 2.05) is 68.0 Å². The number of fused-ring (bicyclic) bond motifs is 18. The number of benzene rings is 1. The number of ketones is 3. The van der Waals surface area contributed by atoms with E-state index < -0.39 is 16.8 Å². The molecule has 0 spiro atoms. The summed E-state index contributed by atoms with van der Waals surface area (Å²) in [4.78, 5) is 50.6. The first-order valence-corrected chi connectivity index (χ1v) is 38.5. The predicted octanol–water partition coefficient (Wildman–Crippen LogP) is 14.5. The van der Waals surface area contributed by atoms with Gasteiger partial charge >= 0.3 is 0 Å². The molecule has 16 heteroatoms. The van der Waals surface area contributed by atoms with Crippen molar-refractivity contribution in [1.29, 1.82) is 0 Å². The zero-order chi connectivity index (χ0) is 66.3. The molecule has 0 amide bonds. The molecule has 16 nitrogen and oxygen atoms in total. The maximum absolute atomic E-state index is 13.6. The Hall–Kier alpha value is -5.32. The Morgan fingerprint density at radius 3 is 1.34 bits per heavy atom. The lowest BCUT2D eigenvalue weighted by atomic mass is 9.49. The van der Waals surface area contributed by atoms with E-state index in [4.69, 9.17) is 0 Å². The van der Waals surface area contributed by atoms with E-state index in [0.717, 1.165) is 139 Å². The number of Topliss-reactive ketones (excluding diaryl/α,β-unsaturated/α-hetero) is 3. The molecular weight excluding hydrogens is 1200 g/mol. The molecule has 12 saturated carbocycles. The van der Waals surface area contributed by atoms with Crippen LogP contribution in [0.5, 0.6) is 0 Å². The van der Waals surface area contributed by atoms with Crippen LogP contribution in [0.25, 0.3) is 33.2 Å². The molecule has 0 radical (unpaired) electrons. The van der Waals surface area contributed by atoms with Crippen LogP contribution in [0.2, 0.25) is 0 Å². The zero-order valence-corrected chi connectivity index (χ0v) is 58.5. The maximum atomic E-state index is 13.6. The van der Waals surface area contributed by atoms with Gasteiger partial charge in [0.25, 0.3) is 0 Å². The SMILES string of the molecule is C[C@@]1(O)CC[C@H]2[C@H](CC[C@@H]3[C@@H]2CC[C@]2(C)[C@@H](C(=O)Cn4nc5cccnc5n4)CC[C@@H]32)C1.C[C@@]1(O)CC[C@H]2[C@H](CC[C@@H]3[C@@H]2CC[C@]2(C)[C@@H](C(=O)Cn4ncc5ccccc54)CC[C@@H]32)C1.C[C@@]1(O)CC[C@H]2[C@H](CC[C@@H]3[C@@H]2CC[C@]2(C)[C@@H](C(=O)Cn4nnc5ncccc54)CC[C@@H]32)C1. The highest BCUT2D eigenvalue weighted by molar-refractivity contribution is 5.86. The molecule has 12 aliphatic carbocycles. The molecular formula is C80H110N10O6. The third-order valence-corrected chi connectivity index (χ3v) is 30.8. The molecule has 12 aliphatic rings. The number of aliphatic hydroxyl groups is 3. The molecule has 0 bridgehead atoms. The Labute approximate surface area is 568 Å². The van der Waals surface area contributed by atoms with Crippen molar-refractivity contribution in [2.75, 3.05) is 0 Å².